The standard InChI is InChI=1S/C24H24N4O2/c1-3-28(21-14-8-10-17-9-4-5-11-18(17)21)23(29)16-27(2)15-22-25-20-13-7-6-12-19(20)24(30)26-22/h4-14H,3,15-16H2,1-2H3,(H,25,26,30). The van der Waals surface area contributed by atoms with Gasteiger partial charge in [0.15, 0.2) is 0 Å². The minimum Gasteiger partial charge on any atom is -0.311 e. The number of aromatic amines is 1. The number of aromatic nitrogens is 2. The smallest absolute Gasteiger partial charge is 0.258 e. The van der Waals surface area contributed by atoms with Crippen LogP contribution in [0.1, 0.15) is 12.7 Å². The summed E-state index contributed by atoms with van der Waals surface area (Å²) in [5.41, 5.74) is 1.40. The molecule has 0 spiro atoms. The molecule has 3 aromatic carbocycles. The monoisotopic (exact) mass is 400 g/mol. The SMILES string of the molecule is CCN(C(=O)CN(C)Cc1nc2ccccc2c(=O)[nH]1)c1cccc2ccccc12. The van der Waals surface area contributed by atoms with Gasteiger partial charge in [0.05, 0.1) is 29.7 Å². The Morgan fingerprint density at radius 1 is 0.967 bits per heavy atom. The van der Waals surface area contributed by atoms with Crippen LogP contribution >= 0.6 is 0 Å². The number of para-hydroxylation sites is 1. The van der Waals surface area contributed by atoms with E-state index in [1.807, 2.05) is 79.5 Å². The van der Waals surface area contributed by atoms with Crippen molar-refractivity contribution in [3.63, 3.8) is 0 Å². The van der Waals surface area contributed by atoms with Gasteiger partial charge in [-0.2, -0.15) is 0 Å². The van der Waals surface area contributed by atoms with Gasteiger partial charge in [0, 0.05) is 11.9 Å². The number of rotatable bonds is 6. The summed E-state index contributed by atoms with van der Waals surface area (Å²) >= 11 is 0. The summed E-state index contributed by atoms with van der Waals surface area (Å²) in [6, 6.07) is 21.3. The van der Waals surface area contributed by atoms with E-state index in [2.05, 4.69) is 9.97 Å². The molecule has 4 aromatic rings. The molecular weight excluding hydrogens is 376 g/mol. The average Bonchev–Trinajstić information content (AvgIpc) is 2.74. The highest BCUT2D eigenvalue weighted by atomic mass is 16.2. The summed E-state index contributed by atoms with van der Waals surface area (Å²) in [4.78, 5) is 36.4. The number of anilines is 1. The predicted molar refractivity (Wildman–Crippen MR) is 121 cm³/mol. The van der Waals surface area contributed by atoms with Crippen molar-refractivity contribution in [2.45, 2.75) is 13.5 Å². The second kappa shape index (κ2) is 8.47. The van der Waals surface area contributed by atoms with Crippen molar-refractivity contribution in [1.82, 2.24) is 14.9 Å². The summed E-state index contributed by atoms with van der Waals surface area (Å²) in [5.74, 6) is 0.543. The second-order valence-corrected chi connectivity index (χ2v) is 7.34. The quantitative estimate of drug-likeness (QED) is 0.537. The fourth-order valence-corrected chi connectivity index (χ4v) is 3.76. The molecule has 4 rings (SSSR count). The van der Waals surface area contributed by atoms with Gasteiger partial charge >= 0.3 is 0 Å². The summed E-state index contributed by atoms with van der Waals surface area (Å²) < 4.78 is 0. The second-order valence-electron chi connectivity index (χ2n) is 7.34. The molecule has 6 nitrogen and oxygen atoms in total. The van der Waals surface area contributed by atoms with Crippen molar-refractivity contribution < 1.29 is 4.79 Å². The van der Waals surface area contributed by atoms with E-state index in [1.54, 1.807) is 11.0 Å². The molecule has 0 aliphatic rings. The van der Waals surface area contributed by atoms with E-state index in [4.69, 9.17) is 0 Å². The lowest BCUT2D eigenvalue weighted by Crippen LogP contribution is -2.39. The maximum atomic E-state index is 13.1. The van der Waals surface area contributed by atoms with Gasteiger partial charge in [-0.05, 0) is 37.6 Å². The summed E-state index contributed by atoms with van der Waals surface area (Å²) in [5, 5.41) is 2.72. The number of nitrogens with zero attached hydrogens (tertiary/aromatic N) is 3. The van der Waals surface area contributed by atoms with Gasteiger partial charge in [-0.25, -0.2) is 4.98 Å². The predicted octanol–water partition coefficient (Wildman–Crippen LogP) is 3.56. The number of fused-ring (bicyclic) bond motifs is 2. The molecule has 0 aliphatic carbocycles. The Morgan fingerprint density at radius 2 is 1.67 bits per heavy atom. The maximum absolute atomic E-state index is 13.1. The minimum absolute atomic E-state index is 0.000473. The van der Waals surface area contributed by atoms with Crippen molar-refractivity contribution in [2.24, 2.45) is 0 Å². The molecule has 6 heteroatoms. The van der Waals surface area contributed by atoms with Crippen LogP contribution < -0.4 is 10.5 Å². The Bertz CT molecular complexity index is 1260. The van der Waals surface area contributed by atoms with Gasteiger partial charge in [0.2, 0.25) is 5.91 Å². The van der Waals surface area contributed by atoms with Crippen molar-refractivity contribution in [3.05, 3.63) is 82.9 Å². The van der Waals surface area contributed by atoms with Crippen LogP contribution in [-0.2, 0) is 11.3 Å². The van der Waals surface area contributed by atoms with E-state index in [0.29, 0.717) is 29.8 Å². The third kappa shape index (κ3) is 3.95. The van der Waals surface area contributed by atoms with Gasteiger partial charge in [-0.1, -0.05) is 48.5 Å². The Kier molecular flexibility index (Phi) is 5.59. The first-order chi connectivity index (χ1) is 14.6. The lowest BCUT2D eigenvalue weighted by atomic mass is 10.1. The van der Waals surface area contributed by atoms with Crippen molar-refractivity contribution in [3.8, 4) is 0 Å². The molecule has 0 radical (unpaired) electrons. The highest BCUT2D eigenvalue weighted by Crippen LogP contribution is 2.26. The van der Waals surface area contributed by atoms with E-state index in [-0.39, 0.29) is 18.0 Å². The van der Waals surface area contributed by atoms with Crippen LogP contribution in [0.25, 0.3) is 21.7 Å². The normalized spacial score (nSPS) is 11.3. The number of carbonyl (C=O) groups is 1. The van der Waals surface area contributed by atoms with E-state index in [9.17, 15) is 9.59 Å². The van der Waals surface area contributed by atoms with Crippen LogP contribution in [0.3, 0.4) is 0 Å². The third-order valence-corrected chi connectivity index (χ3v) is 5.16. The van der Waals surface area contributed by atoms with Crippen LogP contribution in [0.4, 0.5) is 5.69 Å². The highest BCUT2D eigenvalue weighted by molar-refractivity contribution is 6.04. The van der Waals surface area contributed by atoms with E-state index < -0.39 is 0 Å². The molecule has 0 fully saturated rings. The van der Waals surface area contributed by atoms with E-state index in [0.717, 1.165) is 16.5 Å². The van der Waals surface area contributed by atoms with Gasteiger partial charge < -0.3 is 9.88 Å². The first-order valence-electron chi connectivity index (χ1n) is 10.0. The maximum Gasteiger partial charge on any atom is 0.258 e. The third-order valence-electron chi connectivity index (χ3n) is 5.16. The highest BCUT2D eigenvalue weighted by Gasteiger charge is 2.18. The largest absolute Gasteiger partial charge is 0.311 e. The summed E-state index contributed by atoms with van der Waals surface area (Å²) in [6.07, 6.45) is 0. The zero-order valence-electron chi connectivity index (χ0n) is 17.1. The van der Waals surface area contributed by atoms with Crippen LogP contribution in [0, 0.1) is 0 Å². The molecule has 0 aliphatic heterocycles. The van der Waals surface area contributed by atoms with Crippen LogP contribution in [0.15, 0.2) is 71.5 Å². The molecule has 0 saturated carbocycles. The molecule has 152 valence electrons. The average molecular weight is 400 g/mol. The molecule has 30 heavy (non-hydrogen) atoms. The Balaban J connectivity index is 1.53. The van der Waals surface area contributed by atoms with Gasteiger partial charge in [0.1, 0.15) is 5.82 Å². The number of carbonyl (C=O) groups excluding carboxylic acids is 1. The lowest BCUT2D eigenvalue weighted by Gasteiger charge is -2.25. The first kappa shape index (κ1) is 19.8. The number of amides is 1. The van der Waals surface area contributed by atoms with Crippen LogP contribution in [-0.4, -0.2) is 40.9 Å². The van der Waals surface area contributed by atoms with Crippen molar-refractivity contribution in [2.75, 3.05) is 25.0 Å². The van der Waals surface area contributed by atoms with Crippen molar-refractivity contribution in [1.29, 1.82) is 0 Å². The molecular formula is C24H24N4O2. The van der Waals surface area contributed by atoms with E-state index in [1.165, 1.54) is 0 Å². The van der Waals surface area contributed by atoms with Crippen molar-refractivity contribution >= 4 is 33.3 Å². The molecule has 1 heterocycles. The molecule has 0 bridgehead atoms. The minimum atomic E-state index is -0.165. The van der Waals surface area contributed by atoms with Gasteiger partial charge in [-0.3, -0.25) is 14.5 Å². The van der Waals surface area contributed by atoms with E-state index >= 15 is 0 Å². The Labute approximate surface area is 174 Å². The van der Waals surface area contributed by atoms with Crippen LogP contribution in [0.2, 0.25) is 0 Å². The Hall–Kier alpha value is -3.51. The number of benzene rings is 3. The molecule has 0 atom stereocenters. The topological polar surface area (TPSA) is 69.3 Å². The first-order valence-corrected chi connectivity index (χ1v) is 10.0. The number of hydrogen-bond donors (Lipinski definition) is 1. The number of likely N-dealkylation sites (N-methyl/N-ethyl adjacent to an activating group) is 2. The fraction of sp³-hybridized carbons (Fsp3) is 0.208. The summed E-state index contributed by atoms with van der Waals surface area (Å²) in [7, 11) is 1.85. The summed E-state index contributed by atoms with van der Waals surface area (Å²) in [6.45, 7) is 3.14. The lowest BCUT2D eigenvalue weighted by molar-refractivity contribution is -0.119. The zero-order valence-corrected chi connectivity index (χ0v) is 17.1. The molecule has 0 saturated heterocycles. The molecule has 0 unspecified atom stereocenters. The van der Waals surface area contributed by atoms with Crippen LogP contribution in [0.5, 0.6) is 0 Å². The van der Waals surface area contributed by atoms with Gasteiger partial charge in [0.25, 0.3) is 5.56 Å². The molecule has 1 amide bonds. The zero-order chi connectivity index (χ0) is 21.1. The Morgan fingerprint density at radius 3 is 2.47 bits per heavy atom. The molecule has 1 N–H and O–H groups in total. The number of hydrogen-bond acceptors (Lipinski definition) is 4. The van der Waals surface area contributed by atoms with Gasteiger partial charge in [-0.15, -0.1) is 0 Å². The number of nitrogens with one attached hydrogen (secondary N) is 1. The number of H-pyrrole nitrogens is 1. The molecule has 1 aromatic heterocycles. The fourth-order valence-electron chi connectivity index (χ4n) is 3.76.